The maximum atomic E-state index is 13.0. The van der Waals surface area contributed by atoms with Crippen LogP contribution < -0.4 is 5.32 Å². The van der Waals surface area contributed by atoms with Gasteiger partial charge in [0.25, 0.3) is 0 Å². The minimum atomic E-state index is -0.201. The molecule has 0 aliphatic carbocycles. The first-order valence-electron chi connectivity index (χ1n) is 8.47. The monoisotopic (exact) mass is 340 g/mol. The Morgan fingerprint density at radius 2 is 2.04 bits per heavy atom. The topological polar surface area (TPSA) is 32.3 Å². The van der Waals surface area contributed by atoms with E-state index in [0.717, 1.165) is 50.9 Å². The number of nitrogens with zero attached hydrogens (tertiary/aromatic N) is 1. The first-order chi connectivity index (χ1) is 10.7. The summed E-state index contributed by atoms with van der Waals surface area (Å²) < 4.78 is 13.0. The molecular formula is C18H26ClFN2O. The molecule has 2 aliphatic heterocycles. The summed E-state index contributed by atoms with van der Waals surface area (Å²) in [6, 6.07) is 6.97. The molecule has 0 aromatic heterocycles. The predicted octanol–water partition coefficient (Wildman–Crippen LogP) is 3.17. The van der Waals surface area contributed by atoms with Crippen molar-refractivity contribution < 1.29 is 9.18 Å². The van der Waals surface area contributed by atoms with Gasteiger partial charge in [0.2, 0.25) is 5.91 Å². The van der Waals surface area contributed by atoms with E-state index >= 15 is 0 Å². The van der Waals surface area contributed by atoms with Gasteiger partial charge in [-0.3, -0.25) is 4.79 Å². The van der Waals surface area contributed by atoms with Crippen LogP contribution in [0.2, 0.25) is 0 Å². The summed E-state index contributed by atoms with van der Waals surface area (Å²) in [5, 5.41) is 3.36. The van der Waals surface area contributed by atoms with Crippen LogP contribution in [0.5, 0.6) is 0 Å². The van der Waals surface area contributed by atoms with Crippen molar-refractivity contribution in [3.8, 4) is 0 Å². The number of nitrogens with one attached hydrogen (secondary N) is 1. The van der Waals surface area contributed by atoms with Gasteiger partial charge in [-0.05, 0) is 68.8 Å². The maximum Gasteiger partial charge on any atom is 0.222 e. The molecule has 1 amide bonds. The van der Waals surface area contributed by atoms with Crippen molar-refractivity contribution in [1.82, 2.24) is 10.2 Å². The molecule has 128 valence electrons. The van der Waals surface area contributed by atoms with Crippen molar-refractivity contribution in [3.63, 3.8) is 0 Å². The van der Waals surface area contributed by atoms with Gasteiger partial charge in [0, 0.05) is 19.0 Å². The van der Waals surface area contributed by atoms with E-state index in [1.165, 1.54) is 18.6 Å². The lowest BCUT2D eigenvalue weighted by atomic mass is 10.0. The number of halogens is 2. The Hall–Kier alpha value is -1.13. The van der Waals surface area contributed by atoms with Crippen LogP contribution in [0.3, 0.4) is 0 Å². The number of hydrogen-bond acceptors (Lipinski definition) is 2. The fourth-order valence-electron chi connectivity index (χ4n) is 3.70. The van der Waals surface area contributed by atoms with Gasteiger partial charge >= 0.3 is 0 Å². The molecule has 5 heteroatoms. The minimum Gasteiger partial charge on any atom is -0.339 e. The summed E-state index contributed by atoms with van der Waals surface area (Å²) in [5.41, 5.74) is 1.12. The molecule has 2 heterocycles. The Bertz CT molecular complexity index is 502. The highest BCUT2D eigenvalue weighted by Crippen LogP contribution is 2.24. The Morgan fingerprint density at radius 3 is 2.74 bits per heavy atom. The smallest absolute Gasteiger partial charge is 0.222 e. The molecule has 0 spiro atoms. The van der Waals surface area contributed by atoms with E-state index in [-0.39, 0.29) is 18.2 Å². The van der Waals surface area contributed by atoms with Crippen LogP contribution in [0.4, 0.5) is 4.39 Å². The number of benzene rings is 1. The number of amides is 1. The molecule has 0 radical (unpaired) electrons. The van der Waals surface area contributed by atoms with Crippen LogP contribution in [0.1, 0.15) is 37.7 Å². The van der Waals surface area contributed by atoms with E-state index < -0.39 is 0 Å². The quantitative estimate of drug-likeness (QED) is 0.893. The second-order valence-corrected chi connectivity index (χ2v) is 6.61. The van der Waals surface area contributed by atoms with Gasteiger partial charge in [-0.15, -0.1) is 12.4 Å². The third-order valence-corrected chi connectivity index (χ3v) is 5.01. The number of carbonyl (C=O) groups excluding carboxylic acids is 1. The van der Waals surface area contributed by atoms with Crippen LogP contribution >= 0.6 is 12.4 Å². The fourth-order valence-corrected chi connectivity index (χ4v) is 3.70. The summed E-state index contributed by atoms with van der Waals surface area (Å²) in [6.45, 7) is 3.04. The molecule has 1 N–H and O–H groups in total. The third-order valence-electron chi connectivity index (χ3n) is 5.01. The molecule has 3 nitrogen and oxygen atoms in total. The van der Waals surface area contributed by atoms with Crippen molar-refractivity contribution in [1.29, 1.82) is 0 Å². The van der Waals surface area contributed by atoms with Crippen LogP contribution in [-0.4, -0.2) is 36.5 Å². The molecule has 2 unspecified atom stereocenters. The standard InChI is InChI=1S/C18H25FN2O.ClH/c19-16-6-3-14(4-7-16)12-17-2-1-11-21(17)18(22)8-5-15-9-10-20-13-15;/h3-4,6-7,15,17,20H,1-2,5,8-13H2;1H. The molecule has 2 saturated heterocycles. The third kappa shape index (κ3) is 4.92. The van der Waals surface area contributed by atoms with Gasteiger partial charge in [-0.1, -0.05) is 12.1 Å². The summed E-state index contributed by atoms with van der Waals surface area (Å²) in [4.78, 5) is 14.6. The number of carbonyl (C=O) groups is 1. The second-order valence-electron chi connectivity index (χ2n) is 6.61. The summed E-state index contributed by atoms with van der Waals surface area (Å²) in [5.74, 6) is 0.770. The van der Waals surface area contributed by atoms with E-state index in [9.17, 15) is 9.18 Å². The SMILES string of the molecule is Cl.O=C(CCC1CCNC1)N1CCCC1Cc1ccc(F)cc1. The maximum absolute atomic E-state index is 13.0. The highest BCUT2D eigenvalue weighted by Gasteiger charge is 2.29. The van der Waals surface area contributed by atoms with Crippen molar-refractivity contribution >= 4 is 18.3 Å². The summed E-state index contributed by atoms with van der Waals surface area (Å²) in [6.07, 6.45) is 5.87. The van der Waals surface area contributed by atoms with E-state index in [1.54, 1.807) is 0 Å². The van der Waals surface area contributed by atoms with E-state index in [2.05, 4.69) is 10.2 Å². The zero-order valence-corrected chi connectivity index (χ0v) is 14.3. The molecule has 0 bridgehead atoms. The molecular weight excluding hydrogens is 315 g/mol. The van der Waals surface area contributed by atoms with Gasteiger partial charge in [0.1, 0.15) is 5.82 Å². The minimum absolute atomic E-state index is 0. The lowest BCUT2D eigenvalue weighted by Crippen LogP contribution is -2.37. The molecule has 1 aromatic rings. The van der Waals surface area contributed by atoms with Crippen molar-refractivity contribution in [2.24, 2.45) is 5.92 Å². The Kier molecular flexibility index (Phi) is 6.85. The normalized spacial score (nSPS) is 23.8. The van der Waals surface area contributed by atoms with Crippen LogP contribution in [0, 0.1) is 11.7 Å². The fraction of sp³-hybridized carbons (Fsp3) is 0.611. The molecule has 0 saturated carbocycles. The molecule has 2 atom stereocenters. The summed E-state index contributed by atoms with van der Waals surface area (Å²) in [7, 11) is 0. The van der Waals surface area contributed by atoms with Crippen molar-refractivity contribution in [2.75, 3.05) is 19.6 Å². The lowest BCUT2D eigenvalue weighted by Gasteiger charge is -2.25. The van der Waals surface area contributed by atoms with Gasteiger partial charge < -0.3 is 10.2 Å². The van der Waals surface area contributed by atoms with Gasteiger partial charge in [0.05, 0.1) is 0 Å². The summed E-state index contributed by atoms with van der Waals surface area (Å²) >= 11 is 0. The van der Waals surface area contributed by atoms with Crippen LogP contribution in [-0.2, 0) is 11.2 Å². The Balaban J connectivity index is 0.00000192. The van der Waals surface area contributed by atoms with Crippen LogP contribution in [0.25, 0.3) is 0 Å². The highest BCUT2D eigenvalue weighted by atomic mass is 35.5. The van der Waals surface area contributed by atoms with Gasteiger partial charge in [-0.2, -0.15) is 0 Å². The second kappa shape index (κ2) is 8.65. The first-order valence-corrected chi connectivity index (χ1v) is 8.47. The molecule has 2 fully saturated rings. The van der Waals surface area contributed by atoms with Gasteiger partial charge in [0.15, 0.2) is 0 Å². The first kappa shape index (κ1) is 18.2. The zero-order chi connectivity index (χ0) is 15.4. The highest BCUT2D eigenvalue weighted by molar-refractivity contribution is 5.85. The average molecular weight is 341 g/mol. The van der Waals surface area contributed by atoms with Crippen molar-refractivity contribution in [2.45, 2.75) is 44.6 Å². The molecule has 1 aromatic carbocycles. The zero-order valence-electron chi connectivity index (χ0n) is 13.5. The molecule has 23 heavy (non-hydrogen) atoms. The number of hydrogen-bond donors (Lipinski definition) is 1. The Morgan fingerprint density at radius 1 is 1.26 bits per heavy atom. The molecule has 2 aliphatic rings. The largest absolute Gasteiger partial charge is 0.339 e. The van der Waals surface area contributed by atoms with Crippen molar-refractivity contribution in [3.05, 3.63) is 35.6 Å². The lowest BCUT2D eigenvalue weighted by molar-refractivity contribution is -0.132. The van der Waals surface area contributed by atoms with Gasteiger partial charge in [-0.25, -0.2) is 4.39 Å². The van der Waals surface area contributed by atoms with Crippen LogP contribution in [0.15, 0.2) is 24.3 Å². The molecule has 3 rings (SSSR count). The van der Waals surface area contributed by atoms with E-state index in [4.69, 9.17) is 0 Å². The average Bonchev–Trinajstić information content (AvgIpc) is 3.18. The number of likely N-dealkylation sites (tertiary alicyclic amines) is 1. The Labute approximate surface area is 144 Å². The predicted molar refractivity (Wildman–Crippen MR) is 92.3 cm³/mol. The van der Waals surface area contributed by atoms with E-state index in [1.807, 2.05) is 12.1 Å². The number of rotatable bonds is 5. The van der Waals surface area contributed by atoms with E-state index in [0.29, 0.717) is 24.3 Å².